The van der Waals surface area contributed by atoms with E-state index in [-0.39, 0.29) is 30.1 Å². The van der Waals surface area contributed by atoms with Gasteiger partial charge in [0.25, 0.3) is 0 Å². The molecule has 1 aromatic rings. The maximum Gasteiger partial charge on any atom is 0.191 e. The van der Waals surface area contributed by atoms with Gasteiger partial charge in [-0.3, -0.25) is 14.9 Å². The molecule has 1 aliphatic rings. The molecule has 0 spiro atoms. The van der Waals surface area contributed by atoms with E-state index in [9.17, 15) is 0 Å². The molecule has 0 aromatic carbocycles. The highest BCUT2D eigenvalue weighted by molar-refractivity contribution is 14.0. The van der Waals surface area contributed by atoms with Crippen LogP contribution in [0.25, 0.3) is 0 Å². The van der Waals surface area contributed by atoms with Crippen LogP contribution in [-0.2, 0) is 11.2 Å². The van der Waals surface area contributed by atoms with Gasteiger partial charge in [-0.1, -0.05) is 13.8 Å². The molecule has 1 unspecified atom stereocenters. The zero-order valence-electron chi connectivity index (χ0n) is 17.2. The summed E-state index contributed by atoms with van der Waals surface area (Å²) < 4.78 is 5.90. The molecule has 7 heteroatoms. The Bertz CT molecular complexity index is 567. The first kappa shape index (κ1) is 24.1. The van der Waals surface area contributed by atoms with Crippen LogP contribution in [0.3, 0.4) is 0 Å². The fourth-order valence-electron chi connectivity index (χ4n) is 3.21. The zero-order chi connectivity index (χ0) is 18.8. The van der Waals surface area contributed by atoms with E-state index in [4.69, 9.17) is 9.73 Å². The molecule has 2 N–H and O–H groups in total. The van der Waals surface area contributed by atoms with Crippen molar-refractivity contribution in [2.75, 3.05) is 45.9 Å². The summed E-state index contributed by atoms with van der Waals surface area (Å²) in [5, 5.41) is 6.75. The number of nitrogens with zero attached hydrogens (tertiary/aromatic N) is 3. The number of pyridine rings is 1. The third-order valence-corrected chi connectivity index (χ3v) is 4.47. The number of hydrogen-bond donors (Lipinski definition) is 2. The second-order valence-corrected chi connectivity index (χ2v) is 7.34. The second-order valence-electron chi connectivity index (χ2n) is 7.34. The lowest BCUT2D eigenvalue weighted by Crippen LogP contribution is -2.46. The van der Waals surface area contributed by atoms with Gasteiger partial charge in [0, 0.05) is 45.1 Å². The quantitative estimate of drug-likeness (QED) is 0.334. The monoisotopic (exact) mass is 489 g/mol. The highest BCUT2D eigenvalue weighted by Crippen LogP contribution is 2.08. The maximum absolute atomic E-state index is 5.90. The predicted octanol–water partition coefficient (Wildman–Crippen LogP) is 2.46. The van der Waals surface area contributed by atoms with Crippen molar-refractivity contribution < 1.29 is 4.74 Å². The number of nitrogens with one attached hydrogen (secondary N) is 2. The highest BCUT2D eigenvalue weighted by atomic mass is 127. The van der Waals surface area contributed by atoms with Crippen LogP contribution in [0.15, 0.2) is 23.5 Å². The second kappa shape index (κ2) is 13.3. The van der Waals surface area contributed by atoms with Gasteiger partial charge in [0.2, 0.25) is 0 Å². The van der Waals surface area contributed by atoms with Crippen molar-refractivity contribution in [3.63, 3.8) is 0 Å². The molecule has 0 radical (unpaired) electrons. The van der Waals surface area contributed by atoms with Gasteiger partial charge in [0.05, 0.1) is 19.3 Å². The summed E-state index contributed by atoms with van der Waals surface area (Å²) in [4.78, 5) is 11.4. The molecule has 0 amide bonds. The molecule has 154 valence electrons. The summed E-state index contributed by atoms with van der Waals surface area (Å²) in [5.74, 6) is 1.55. The van der Waals surface area contributed by atoms with E-state index in [1.165, 1.54) is 11.1 Å². The molecule has 1 aliphatic heterocycles. The van der Waals surface area contributed by atoms with E-state index in [0.29, 0.717) is 12.5 Å². The number of guanidine groups is 1. The Labute approximate surface area is 181 Å². The standard InChI is InChI=1S/C20H35N5O.HI/c1-5-22-20(23-9-7-18-6-8-21-12-17(18)4)24-13-19-15-25(10-11-26-19)14-16(2)3;/h6,8,12,16,19H,5,7,9-11,13-15H2,1-4H3,(H2,22,23,24);1H. The lowest BCUT2D eigenvalue weighted by atomic mass is 10.1. The van der Waals surface area contributed by atoms with Crippen LogP contribution in [0.2, 0.25) is 0 Å². The van der Waals surface area contributed by atoms with Crippen LogP contribution >= 0.6 is 24.0 Å². The van der Waals surface area contributed by atoms with Gasteiger partial charge < -0.3 is 15.4 Å². The first-order chi connectivity index (χ1) is 12.6. The molecule has 1 saturated heterocycles. The minimum Gasteiger partial charge on any atom is -0.374 e. The number of aliphatic imine (C=N–C) groups is 1. The summed E-state index contributed by atoms with van der Waals surface area (Å²) >= 11 is 0. The smallest absolute Gasteiger partial charge is 0.191 e. The third kappa shape index (κ3) is 9.21. The van der Waals surface area contributed by atoms with E-state index in [1.807, 2.05) is 12.4 Å². The number of rotatable bonds is 8. The summed E-state index contributed by atoms with van der Waals surface area (Å²) in [6, 6.07) is 2.08. The Morgan fingerprint density at radius 3 is 2.93 bits per heavy atom. The van der Waals surface area contributed by atoms with Crippen molar-refractivity contribution in [2.45, 2.75) is 40.2 Å². The molecule has 2 heterocycles. The number of halogens is 1. The first-order valence-electron chi connectivity index (χ1n) is 9.84. The van der Waals surface area contributed by atoms with Crippen LogP contribution in [-0.4, -0.2) is 67.8 Å². The largest absolute Gasteiger partial charge is 0.374 e. The Kier molecular flexibility index (Phi) is 11.9. The minimum absolute atomic E-state index is 0. The number of aromatic nitrogens is 1. The van der Waals surface area contributed by atoms with Crippen LogP contribution < -0.4 is 10.6 Å². The molecular formula is C20H36IN5O. The maximum atomic E-state index is 5.90. The topological polar surface area (TPSA) is 61.8 Å². The normalized spacial score (nSPS) is 18.3. The van der Waals surface area contributed by atoms with E-state index in [1.54, 1.807) is 0 Å². The van der Waals surface area contributed by atoms with Gasteiger partial charge in [-0.05, 0) is 43.4 Å². The summed E-state index contributed by atoms with van der Waals surface area (Å²) in [5.41, 5.74) is 2.56. The van der Waals surface area contributed by atoms with Crippen LogP contribution in [0.4, 0.5) is 0 Å². The van der Waals surface area contributed by atoms with Crippen LogP contribution in [0.5, 0.6) is 0 Å². The Hall–Kier alpha value is -0.930. The fourth-order valence-corrected chi connectivity index (χ4v) is 3.21. The molecule has 1 atom stereocenters. The fraction of sp³-hybridized carbons (Fsp3) is 0.700. The van der Waals surface area contributed by atoms with Crippen LogP contribution in [0, 0.1) is 12.8 Å². The predicted molar refractivity (Wildman–Crippen MR) is 123 cm³/mol. The van der Waals surface area contributed by atoms with E-state index in [0.717, 1.165) is 51.7 Å². The van der Waals surface area contributed by atoms with E-state index in [2.05, 4.69) is 54.3 Å². The van der Waals surface area contributed by atoms with Crippen molar-refractivity contribution in [1.29, 1.82) is 0 Å². The van der Waals surface area contributed by atoms with Gasteiger partial charge in [0.1, 0.15) is 0 Å². The third-order valence-electron chi connectivity index (χ3n) is 4.47. The minimum atomic E-state index is 0. The van der Waals surface area contributed by atoms with E-state index >= 15 is 0 Å². The first-order valence-corrected chi connectivity index (χ1v) is 9.84. The van der Waals surface area contributed by atoms with Crippen molar-refractivity contribution in [3.05, 3.63) is 29.6 Å². The van der Waals surface area contributed by atoms with Crippen molar-refractivity contribution >= 4 is 29.9 Å². The lowest BCUT2D eigenvalue weighted by Gasteiger charge is -2.33. The zero-order valence-corrected chi connectivity index (χ0v) is 19.5. The number of ether oxygens (including phenoxy) is 1. The summed E-state index contributed by atoms with van der Waals surface area (Å²) in [7, 11) is 0. The molecule has 6 nitrogen and oxygen atoms in total. The molecule has 1 aromatic heterocycles. The van der Waals surface area contributed by atoms with Crippen molar-refractivity contribution in [2.24, 2.45) is 10.9 Å². The Morgan fingerprint density at radius 1 is 1.41 bits per heavy atom. The van der Waals surface area contributed by atoms with E-state index < -0.39 is 0 Å². The summed E-state index contributed by atoms with van der Waals surface area (Å²) in [6.07, 6.45) is 4.91. The molecule has 1 fully saturated rings. The molecule has 0 bridgehead atoms. The Morgan fingerprint density at radius 2 is 2.22 bits per heavy atom. The number of morpholine rings is 1. The van der Waals surface area contributed by atoms with Gasteiger partial charge in [-0.25, -0.2) is 0 Å². The highest BCUT2D eigenvalue weighted by Gasteiger charge is 2.20. The average Bonchev–Trinajstić information content (AvgIpc) is 2.61. The molecule has 27 heavy (non-hydrogen) atoms. The van der Waals surface area contributed by atoms with Gasteiger partial charge in [-0.2, -0.15) is 0 Å². The Balaban J connectivity index is 0.00000364. The van der Waals surface area contributed by atoms with Crippen LogP contribution in [0.1, 0.15) is 31.9 Å². The van der Waals surface area contributed by atoms with Crippen molar-refractivity contribution in [1.82, 2.24) is 20.5 Å². The SMILES string of the molecule is CCNC(=NCC1CN(CC(C)C)CCO1)NCCc1ccncc1C.I. The van der Waals surface area contributed by atoms with Gasteiger partial charge in [-0.15, -0.1) is 24.0 Å². The molecule has 2 rings (SSSR count). The average molecular weight is 489 g/mol. The number of hydrogen-bond acceptors (Lipinski definition) is 4. The molecular weight excluding hydrogens is 453 g/mol. The summed E-state index contributed by atoms with van der Waals surface area (Å²) in [6.45, 7) is 15.0. The van der Waals surface area contributed by atoms with Gasteiger partial charge >= 0.3 is 0 Å². The van der Waals surface area contributed by atoms with Gasteiger partial charge in [0.15, 0.2) is 5.96 Å². The number of aryl methyl sites for hydroxylation is 1. The lowest BCUT2D eigenvalue weighted by molar-refractivity contribution is -0.0261. The molecule has 0 aliphatic carbocycles. The van der Waals surface area contributed by atoms with Crippen molar-refractivity contribution in [3.8, 4) is 0 Å². The molecule has 0 saturated carbocycles.